The summed E-state index contributed by atoms with van der Waals surface area (Å²) in [5.41, 5.74) is 4.20. The van der Waals surface area contributed by atoms with Crippen molar-refractivity contribution in [2.24, 2.45) is 0 Å². The summed E-state index contributed by atoms with van der Waals surface area (Å²) in [6, 6.07) is 11.9. The van der Waals surface area contributed by atoms with Crippen LogP contribution in [0.25, 0.3) is 10.9 Å². The van der Waals surface area contributed by atoms with Crippen LogP contribution in [0.3, 0.4) is 0 Å². The lowest BCUT2D eigenvalue weighted by molar-refractivity contribution is 0.703. The van der Waals surface area contributed by atoms with E-state index in [2.05, 4.69) is 29.9 Å². The van der Waals surface area contributed by atoms with Gasteiger partial charge in [-0.1, -0.05) is 47.5 Å². The van der Waals surface area contributed by atoms with E-state index in [0.717, 1.165) is 28.6 Å². The minimum atomic E-state index is 0.556. The Morgan fingerprint density at radius 2 is 1.91 bits per heavy atom. The molecule has 0 amide bonds. The number of aromatic nitrogens is 2. The minimum absolute atomic E-state index is 0.556. The molecule has 1 aromatic heterocycles. The molecule has 0 bridgehead atoms. The van der Waals surface area contributed by atoms with Crippen molar-refractivity contribution in [2.45, 2.75) is 19.9 Å². The monoisotopic (exact) mass is 330 g/mol. The van der Waals surface area contributed by atoms with Crippen LogP contribution in [-0.4, -0.2) is 9.78 Å². The summed E-state index contributed by atoms with van der Waals surface area (Å²) >= 11 is 12.6. The summed E-state index contributed by atoms with van der Waals surface area (Å²) < 4.78 is 1.96. The average Bonchev–Trinajstić information content (AvgIpc) is 2.80. The van der Waals surface area contributed by atoms with Crippen molar-refractivity contribution >= 4 is 34.1 Å². The highest BCUT2D eigenvalue weighted by Gasteiger charge is 2.12. The SMILES string of the molecule is C=CCc1ccc2c(C)nn(Cc3c(Cl)cccc3Cl)c2c1. The summed E-state index contributed by atoms with van der Waals surface area (Å²) in [5, 5.41) is 7.12. The highest BCUT2D eigenvalue weighted by Crippen LogP contribution is 2.27. The van der Waals surface area contributed by atoms with Crippen LogP contribution in [0.4, 0.5) is 0 Å². The van der Waals surface area contributed by atoms with Gasteiger partial charge in [0.15, 0.2) is 0 Å². The van der Waals surface area contributed by atoms with Crippen molar-refractivity contribution < 1.29 is 0 Å². The molecule has 0 aliphatic carbocycles. The molecule has 22 heavy (non-hydrogen) atoms. The molecule has 0 N–H and O–H groups in total. The molecule has 0 unspecified atom stereocenters. The number of fused-ring (bicyclic) bond motifs is 1. The van der Waals surface area contributed by atoms with Crippen LogP contribution < -0.4 is 0 Å². The minimum Gasteiger partial charge on any atom is -0.260 e. The molecule has 0 aliphatic rings. The van der Waals surface area contributed by atoms with Gasteiger partial charge in [0.2, 0.25) is 0 Å². The van der Waals surface area contributed by atoms with Crippen molar-refractivity contribution in [3.05, 3.63) is 75.9 Å². The fourth-order valence-corrected chi connectivity index (χ4v) is 3.15. The zero-order chi connectivity index (χ0) is 15.7. The molecule has 3 aromatic rings. The van der Waals surface area contributed by atoms with E-state index in [-0.39, 0.29) is 0 Å². The van der Waals surface area contributed by atoms with Gasteiger partial charge in [0, 0.05) is 21.0 Å². The number of allylic oxidation sites excluding steroid dienone is 1. The van der Waals surface area contributed by atoms with Gasteiger partial charge < -0.3 is 0 Å². The normalized spacial score (nSPS) is 11.0. The average molecular weight is 331 g/mol. The van der Waals surface area contributed by atoms with Gasteiger partial charge >= 0.3 is 0 Å². The van der Waals surface area contributed by atoms with Crippen molar-refractivity contribution in [3.8, 4) is 0 Å². The quantitative estimate of drug-likeness (QED) is 0.583. The van der Waals surface area contributed by atoms with Gasteiger partial charge in [0.1, 0.15) is 0 Å². The smallest absolute Gasteiger partial charge is 0.0696 e. The molecule has 1 heterocycles. The fourth-order valence-electron chi connectivity index (χ4n) is 2.63. The van der Waals surface area contributed by atoms with Crippen LogP contribution in [0.1, 0.15) is 16.8 Å². The molecule has 3 rings (SSSR count). The summed E-state index contributed by atoms with van der Waals surface area (Å²) in [7, 11) is 0. The van der Waals surface area contributed by atoms with Crippen molar-refractivity contribution in [2.75, 3.05) is 0 Å². The fraction of sp³-hybridized carbons (Fsp3) is 0.167. The zero-order valence-electron chi connectivity index (χ0n) is 12.3. The van der Waals surface area contributed by atoms with Crippen molar-refractivity contribution in [1.82, 2.24) is 9.78 Å². The van der Waals surface area contributed by atoms with Gasteiger partial charge in [-0.05, 0) is 37.1 Å². The van der Waals surface area contributed by atoms with E-state index < -0.39 is 0 Å². The summed E-state index contributed by atoms with van der Waals surface area (Å²) in [6.45, 7) is 6.37. The van der Waals surface area contributed by atoms with E-state index in [0.29, 0.717) is 16.6 Å². The molecule has 0 atom stereocenters. The first-order chi connectivity index (χ1) is 10.6. The molecular weight excluding hydrogens is 315 g/mol. The number of rotatable bonds is 4. The third kappa shape index (κ3) is 2.77. The third-order valence-electron chi connectivity index (χ3n) is 3.75. The largest absolute Gasteiger partial charge is 0.260 e. The van der Waals surface area contributed by atoms with Crippen molar-refractivity contribution in [1.29, 1.82) is 0 Å². The second-order valence-electron chi connectivity index (χ2n) is 5.29. The molecule has 0 radical (unpaired) electrons. The van der Waals surface area contributed by atoms with Gasteiger partial charge in [0.25, 0.3) is 0 Å². The number of halogens is 2. The van der Waals surface area contributed by atoms with Crippen LogP contribution in [0.15, 0.2) is 49.1 Å². The van der Waals surface area contributed by atoms with Crippen LogP contribution in [-0.2, 0) is 13.0 Å². The molecule has 112 valence electrons. The Morgan fingerprint density at radius 1 is 1.18 bits per heavy atom. The van der Waals surface area contributed by atoms with Gasteiger partial charge in [-0.2, -0.15) is 5.10 Å². The standard InChI is InChI=1S/C18H16Cl2N2/c1-3-5-13-8-9-14-12(2)21-22(18(14)10-13)11-15-16(19)6-4-7-17(15)20/h3-4,6-10H,1,5,11H2,2H3. The first-order valence-corrected chi connectivity index (χ1v) is 7.85. The first kappa shape index (κ1) is 15.1. The number of nitrogens with zero attached hydrogens (tertiary/aromatic N) is 2. The maximum Gasteiger partial charge on any atom is 0.0696 e. The van der Waals surface area contributed by atoms with E-state index in [9.17, 15) is 0 Å². The Morgan fingerprint density at radius 3 is 2.59 bits per heavy atom. The summed E-state index contributed by atoms with van der Waals surface area (Å²) in [5.74, 6) is 0. The molecule has 0 aliphatic heterocycles. The van der Waals surface area contributed by atoms with E-state index in [1.165, 1.54) is 5.56 Å². The predicted molar refractivity (Wildman–Crippen MR) is 93.9 cm³/mol. The number of hydrogen-bond acceptors (Lipinski definition) is 1. The molecule has 2 nitrogen and oxygen atoms in total. The van der Waals surface area contributed by atoms with Gasteiger partial charge in [-0.25, -0.2) is 0 Å². The Bertz CT molecular complexity index is 829. The lowest BCUT2D eigenvalue weighted by Gasteiger charge is -2.08. The molecular formula is C18H16Cl2N2. The van der Waals surface area contributed by atoms with Crippen LogP contribution in [0.5, 0.6) is 0 Å². The van der Waals surface area contributed by atoms with Gasteiger partial charge in [-0.3, -0.25) is 4.68 Å². The Balaban J connectivity index is 2.10. The number of benzene rings is 2. The van der Waals surface area contributed by atoms with Gasteiger partial charge in [-0.15, -0.1) is 6.58 Å². The summed E-state index contributed by atoms with van der Waals surface area (Å²) in [6.07, 6.45) is 2.74. The van der Waals surface area contributed by atoms with E-state index in [1.807, 2.05) is 35.9 Å². The number of aryl methyl sites for hydroxylation is 1. The topological polar surface area (TPSA) is 17.8 Å². The van der Waals surface area contributed by atoms with E-state index in [4.69, 9.17) is 23.2 Å². The van der Waals surface area contributed by atoms with Gasteiger partial charge in [0.05, 0.1) is 17.8 Å². The Labute approximate surface area is 140 Å². The van der Waals surface area contributed by atoms with Crippen LogP contribution >= 0.6 is 23.2 Å². The highest BCUT2D eigenvalue weighted by atomic mass is 35.5. The maximum absolute atomic E-state index is 6.28. The molecule has 0 saturated heterocycles. The van der Waals surface area contributed by atoms with Crippen LogP contribution in [0, 0.1) is 6.92 Å². The predicted octanol–water partition coefficient (Wildman–Crippen LogP) is 5.43. The molecule has 0 saturated carbocycles. The lowest BCUT2D eigenvalue weighted by atomic mass is 10.1. The lowest BCUT2D eigenvalue weighted by Crippen LogP contribution is -2.03. The first-order valence-electron chi connectivity index (χ1n) is 7.10. The highest BCUT2D eigenvalue weighted by molar-refractivity contribution is 6.36. The van der Waals surface area contributed by atoms with Crippen molar-refractivity contribution in [3.63, 3.8) is 0 Å². The second-order valence-corrected chi connectivity index (χ2v) is 6.10. The zero-order valence-corrected chi connectivity index (χ0v) is 13.8. The Hall–Kier alpha value is -1.77. The van der Waals surface area contributed by atoms with E-state index >= 15 is 0 Å². The molecule has 0 fully saturated rings. The summed E-state index contributed by atoms with van der Waals surface area (Å²) in [4.78, 5) is 0. The molecule has 4 heteroatoms. The molecule has 2 aromatic carbocycles. The maximum atomic E-state index is 6.28. The number of hydrogen-bond donors (Lipinski definition) is 0. The Kier molecular flexibility index (Phi) is 4.23. The molecule has 0 spiro atoms. The third-order valence-corrected chi connectivity index (χ3v) is 4.46. The second kappa shape index (κ2) is 6.15. The van der Waals surface area contributed by atoms with E-state index in [1.54, 1.807) is 0 Å². The van der Waals surface area contributed by atoms with Crippen LogP contribution in [0.2, 0.25) is 10.0 Å².